The molecule has 0 radical (unpaired) electrons. The average Bonchev–Trinajstić information content (AvgIpc) is 2.93. The molecule has 174 valence electrons. The van der Waals surface area contributed by atoms with Crippen LogP contribution >= 0.6 is 0 Å². The van der Waals surface area contributed by atoms with Gasteiger partial charge in [-0.25, -0.2) is 0 Å². The fourth-order valence-corrected chi connectivity index (χ4v) is 4.15. The van der Waals surface area contributed by atoms with Crippen LogP contribution in [-0.4, -0.2) is 11.6 Å². The number of nitrogens with one attached hydrogen (secondary N) is 2. The number of carbonyl (C=O) groups excluding carboxylic acids is 2. The second-order valence-corrected chi connectivity index (χ2v) is 8.31. The van der Waals surface area contributed by atoms with E-state index < -0.39 is 0 Å². The Labute approximate surface area is 209 Å². The Bertz CT molecular complexity index is 1480. The molecule has 0 fully saturated rings. The highest BCUT2D eigenvalue weighted by Gasteiger charge is 2.07. The quantitative estimate of drug-likeness (QED) is 0.182. The number of fused-ring (bicyclic) bond motifs is 2. The van der Waals surface area contributed by atoms with Crippen molar-refractivity contribution >= 4 is 44.5 Å². The smallest absolute Gasteiger partial charge is 0.187 e. The molecule has 5 rings (SSSR count). The van der Waals surface area contributed by atoms with Crippen LogP contribution in [0.25, 0.3) is 21.5 Å². The van der Waals surface area contributed by atoms with Crippen molar-refractivity contribution in [3.05, 3.63) is 145 Å². The fourth-order valence-electron chi connectivity index (χ4n) is 4.15. The summed E-state index contributed by atoms with van der Waals surface area (Å²) < 4.78 is 0. The molecule has 0 aliphatic carbocycles. The predicted octanol–water partition coefficient (Wildman–Crippen LogP) is 7.61. The van der Waals surface area contributed by atoms with Crippen molar-refractivity contribution in [3.63, 3.8) is 0 Å². The van der Waals surface area contributed by atoms with Crippen molar-refractivity contribution in [2.75, 3.05) is 10.6 Å². The van der Waals surface area contributed by atoms with Crippen LogP contribution in [0, 0.1) is 0 Å². The first-order valence-corrected chi connectivity index (χ1v) is 11.7. The van der Waals surface area contributed by atoms with Crippen molar-refractivity contribution in [2.24, 2.45) is 0 Å². The molecule has 0 spiro atoms. The molecular weight excluding hydrogens is 444 g/mol. The van der Waals surface area contributed by atoms with Crippen LogP contribution in [0.15, 0.2) is 134 Å². The summed E-state index contributed by atoms with van der Waals surface area (Å²) in [5.74, 6) is -0.114. The Kier molecular flexibility index (Phi) is 6.68. The highest BCUT2D eigenvalue weighted by atomic mass is 16.1. The number of allylic oxidation sites excluding steroid dienone is 2. The Balaban J connectivity index is 1.18. The molecule has 36 heavy (non-hydrogen) atoms. The molecule has 4 nitrogen and oxygen atoms in total. The van der Waals surface area contributed by atoms with Gasteiger partial charge in [0.25, 0.3) is 0 Å². The molecule has 0 unspecified atom stereocenters. The van der Waals surface area contributed by atoms with E-state index in [0.717, 1.165) is 32.9 Å². The van der Waals surface area contributed by atoms with E-state index in [0.29, 0.717) is 11.1 Å². The van der Waals surface area contributed by atoms with Crippen LogP contribution in [0.4, 0.5) is 11.4 Å². The molecule has 5 aromatic carbocycles. The molecule has 0 heterocycles. The molecule has 4 heteroatoms. The summed E-state index contributed by atoms with van der Waals surface area (Å²) in [5.41, 5.74) is 3.04. The lowest BCUT2D eigenvalue weighted by Crippen LogP contribution is -1.98. The van der Waals surface area contributed by atoms with Crippen LogP contribution in [0.5, 0.6) is 0 Å². The summed E-state index contributed by atoms with van der Waals surface area (Å²) in [6.45, 7) is 0. The van der Waals surface area contributed by atoms with Gasteiger partial charge in [0.05, 0.1) is 0 Å². The first-order chi connectivity index (χ1) is 17.7. The Morgan fingerprint density at radius 2 is 0.861 bits per heavy atom. The monoisotopic (exact) mass is 468 g/mol. The lowest BCUT2D eigenvalue weighted by molar-refractivity contribution is 0.104. The third-order valence-corrected chi connectivity index (χ3v) is 5.96. The zero-order valence-electron chi connectivity index (χ0n) is 19.5. The van der Waals surface area contributed by atoms with Gasteiger partial charge in [0.1, 0.15) is 0 Å². The summed E-state index contributed by atoms with van der Waals surface area (Å²) in [6.07, 6.45) is 6.37. The number of ketones is 2. The highest BCUT2D eigenvalue weighted by molar-refractivity contribution is 6.14. The normalized spacial score (nSPS) is 11.3. The van der Waals surface area contributed by atoms with Gasteiger partial charge in [-0.1, -0.05) is 84.9 Å². The zero-order chi connectivity index (χ0) is 24.7. The van der Waals surface area contributed by atoms with E-state index in [1.165, 1.54) is 12.2 Å². The molecular formula is C32H24N2O2. The predicted molar refractivity (Wildman–Crippen MR) is 149 cm³/mol. The van der Waals surface area contributed by atoms with Crippen LogP contribution in [-0.2, 0) is 0 Å². The SMILES string of the molecule is O=C(C=CNc1ccc(NC=CC(=O)c2cccc3ccccc23)cc1)c1cccc2ccccc12. The lowest BCUT2D eigenvalue weighted by atomic mass is 10.0. The summed E-state index contributed by atoms with van der Waals surface area (Å²) in [4.78, 5) is 25.4. The second kappa shape index (κ2) is 10.5. The Morgan fingerprint density at radius 3 is 1.31 bits per heavy atom. The minimum absolute atomic E-state index is 0.0569. The maximum absolute atomic E-state index is 12.7. The fraction of sp³-hybridized carbons (Fsp3) is 0. The van der Waals surface area contributed by atoms with E-state index in [2.05, 4.69) is 10.6 Å². The summed E-state index contributed by atoms with van der Waals surface area (Å²) in [6, 6.07) is 34.8. The van der Waals surface area contributed by atoms with Crippen molar-refractivity contribution in [1.29, 1.82) is 0 Å². The van der Waals surface area contributed by atoms with Crippen molar-refractivity contribution < 1.29 is 9.59 Å². The number of benzene rings is 5. The van der Waals surface area contributed by atoms with Crippen molar-refractivity contribution in [2.45, 2.75) is 0 Å². The molecule has 0 aromatic heterocycles. The molecule has 0 bridgehead atoms. The highest BCUT2D eigenvalue weighted by Crippen LogP contribution is 2.21. The van der Waals surface area contributed by atoms with Gasteiger partial charge < -0.3 is 10.6 Å². The lowest BCUT2D eigenvalue weighted by Gasteiger charge is -2.05. The van der Waals surface area contributed by atoms with Gasteiger partial charge >= 0.3 is 0 Å². The van der Waals surface area contributed by atoms with Gasteiger partial charge in [0, 0.05) is 47.1 Å². The standard InChI is InChI=1S/C32H24N2O2/c35-31(29-13-5-9-23-7-1-3-11-27(23)29)19-21-33-25-15-17-26(18-16-25)34-22-20-32(36)30-14-6-10-24-8-2-4-12-28(24)30/h1-22,33-34H. The number of hydrogen-bond acceptors (Lipinski definition) is 4. The van der Waals surface area contributed by atoms with E-state index in [1.54, 1.807) is 12.4 Å². The number of rotatable bonds is 8. The number of hydrogen-bond donors (Lipinski definition) is 2. The van der Waals surface area contributed by atoms with Crippen LogP contribution in [0.3, 0.4) is 0 Å². The van der Waals surface area contributed by atoms with Crippen molar-refractivity contribution in [3.8, 4) is 0 Å². The van der Waals surface area contributed by atoms with E-state index in [1.807, 2.05) is 109 Å². The first kappa shape index (κ1) is 22.8. The topological polar surface area (TPSA) is 58.2 Å². The molecule has 0 saturated heterocycles. The largest absolute Gasteiger partial charge is 0.362 e. The summed E-state index contributed by atoms with van der Waals surface area (Å²) in [7, 11) is 0. The maximum atomic E-state index is 12.7. The van der Waals surface area contributed by atoms with Gasteiger partial charge in [0.2, 0.25) is 0 Å². The van der Waals surface area contributed by atoms with Crippen LogP contribution in [0.1, 0.15) is 20.7 Å². The zero-order valence-corrected chi connectivity index (χ0v) is 19.5. The maximum Gasteiger partial charge on any atom is 0.187 e. The van der Waals surface area contributed by atoms with Gasteiger partial charge in [0.15, 0.2) is 11.6 Å². The van der Waals surface area contributed by atoms with Gasteiger partial charge in [-0.15, -0.1) is 0 Å². The van der Waals surface area contributed by atoms with Gasteiger partial charge in [-0.3, -0.25) is 9.59 Å². The number of carbonyl (C=O) groups is 2. The molecule has 0 atom stereocenters. The van der Waals surface area contributed by atoms with E-state index in [4.69, 9.17) is 0 Å². The van der Waals surface area contributed by atoms with Crippen LogP contribution in [0.2, 0.25) is 0 Å². The third-order valence-electron chi connectivity index (χ3n) is 5.96. The molecule has 5 aromatic rings. The number of anilines is 2. The van der Waals surface area contributed by atoms with E-state index in [9.17, 15) is 9.59 Å². The Morgan fingerprint density at radius 1 is 0.472 bits per heavy atom. The first-order valence-electron chi connectivity index (χ1n) is 11.7. The third kappa shape index (κ3) is 5.08. The molecule has 0 aliphatic rings. The van der Waals surface area contributed by atoms with Crippen molar-refractivity contribution in [1.82, 2.24) is 0 Å². The van der Waals surface area contributed by atoms with E-state index in [-0.39, 0.29) is 11.6 Å². The van der Waals surface area contributed by atoms with E-state index >= 15 is 0 Å². The second-order valence-electron chi connectivity index (χ2n) is 8.31. The van der Waals surface area contributed by atoms with Gasteiger partial charge in [-0.2, -0.15) is 0 Å². The summed E-state index contributed by atoms with van der Waals surface area (Å²) in [5, 5.41) is 10.2. The Hall–Kier alpha value is -4.96. The minimum atomic E-state index is -0.0569. The molecule has 2 N–H and O–H groups in total. The van der Waals surface area contributed by atoms with Gasteiger partial charge in [-0.05, 0) is 45.8 Å². The molecule has 0 amide bonds. The average molecular weight is 469 g/mol. The summed E-state index contributed by atoms with van der Waals surface area (Å²) >= 11 is 0. The molecule has 0 saturated carbocycles. The minimum Gasteiger partial charge on any atom is -0.362 e. The van der Waals surface area contributed by atoms with Crippen LogP contribution < -0.4 is 10.6 Å². The molecule has 0 aliphatic heterocycles.